The number of nitrogens with two attached hydrogens (primary N) is 4. The molecule has 17 heteroatoms. The summed E-state index contributed by atoms with van der Waals surface area (Å²) < 4.78 is 0. The van der Waals surface area contributed by atoms with Crippen molar-refractivity contribution in [3.8, 4) is 0 Å². The topological polar surface area (TPSA) is 297 Å². The Bertz CT molecular complexity index is 934. The van der Waals surface area contributed by atoms with E-state index in [1.807, 2.05) is 0 Å². The Morgan fingerprint density at radius 1 is 0.738 bits per heavy atom. The summed E-state index contributed by atoms with van der Waals surface area (Å²) in [6, 6.07) is -4.23. The highest BCUT2D eigenvalue weighted by Crippen LogP contribution is 2.09. The van der Waals surface area contributed by atoms with Crippen molar-refractivity contribution in [2.24, 2.45) is 28.9 Å². The molecule has 240 valence electrons. The molecule has 0 aliphatic carbocycles. The fourth-order valence-corrected chi connectivity index (χ4v) is 3.96. The Hall–Kier alpha value is -3.50. The fraction of sp³-hybridized carbons (Fsp3) is 0.720. The van der Waals surface area contributed by atoms with Crippen LogP contribution in [0.25, 0.3) is 0 Å². The van der Waals surface area contributed by atoms with E-state index in [9.17, 15) is 24.0 Å². The summed E-state index contributed by atoms with van der Waals surface area (Å²) in [4.78, 5) is 63.9. The van der Waals surface area contributed by atoms with Crippen molar-refractivity contribution in [2.75, 3.05) is 25.5 Å². The Labute approximate surface area is 251 Å². The van der Waals surface area contributed by atoms with Crippen LogP contribution in [0.15, 0.2) is 0 Å². The highest BCUT2D eigenvalue weighted by molar-refractivity contribution is 6.48. The van der Waals surface area contributed by atoms with Crippen LogP contribution in [-0.4, -0.2) is 90.9 Å². The van der Waals surface area contributed by atoms with Crippen molar-refractivity contribution < 1.29 is 24.0 Å². The van der Waals surface area contributed by atoms with Crippen LogP contribution in [0.5, 0.6) is 0 Å². The van der Waals surface area contributed by atoms with E-state index in [1.54, 1.807) is 13.8 Å². The molecule has 0 heterocycles. The van der Waals surface area contributed by atoms with Crippen LogP contribution in [-0.2, 0) is 24.0 Å². The lowest BCUT2D eigenvalue weighted by molar-refractivity contribution is -0.138. The van der Waals surface area contributed by atoms with Crippen LogP contribution in [0.3, 0.4) is 0 Å². The quantitative estimate of drug-likeness (QED) is 0.0197. The van der Waals surface area contributed by atoms with Gasteiger partial charge in [-0.2, -0.15) is 0 Å². The summed E-state index contributed by atoms with van der Waals surface area (Å²) in [7, 11) is 0. The van der Waals surface area contributed by atoms with Gasteiger partial charge in [-0.3, -0.25) is 34.8 Å². The molecule has 0 rings (SSSR count). The summed E-state index contributed by atoms with van der Waals surface area (Å²) in [5.74, 6) is -5.00. The van der Waals surface area contributed by atoms with Gasteiger partial charge in [-0.25, -0.2) is 0 Å². The van der Waals surface area contributed by atoms with Crippen LogP contribution in [0.1, 0.15) is 58.8 Å². The molecule has 0 spiro atoms. The van der Waals surface area contributed by atoms with Crippen molar-refractivity contribution in [1.29, 1.82) is 10.8 Å². The number of hydrogen-bond donors (Lipinski definition) is 11. The number of ketones is 2. The zero-order valence-electron chi connectivity index (χ0n) is 24.4. The van der Waals surface area contributed by atoms with Gasteiger partial charge < -0.3 is 49.5 Å². The Balaban J connectivity index is 5.59. The second-order valence-corrected chi connectivity index (χ2v) is 10.4. The third-order valence-electron chi connectivity index (χ3n) is 6.19. The summed E-state index contributed by atoms with van der Waals surface area (Å²) >= 11 is 5.55. The Kier molecular flexibility index (Phi) is 19.5. The van der Waals surface area contributed by atoms with Crippen molar-refractivity contribution in [2.45, 2.75) is 83.0 Å². The molecule has 0 aliphatic heterocycles. The Morgan fingerprint density at radius 2 is 1.26 bits per heavy atom. The second-order valence-electron chi connectivity index (χ2n) is 10.1. The van der Waals surface area contributed by atoms with Crippen molar-refractivity contribution in [3.05, 3.63) is 0 Å². The lowest BCUT2D eigenvalue weighted by Crippen LogP contribution is -2.58. The smallest absolute Gasteiger partial charge is 0.243 e. The van der Waals surface area contributed by atoms with Gasteiger partial charge in [0, 0.05) is 13.1 Å². The molecule has 4 atom stereocenters. The summed E-state index contributed by atoms with van der Waals surface area (Å²) in [5, 5.41) is 27.4. The van der Waals surface area contributed by atoms with E-state index in [1.165, 1.54) is 0 Å². The average Bonchev–Trinajstić information content (AvgIpc) is 2.93. The third kappa shape index (κ3) is 16.1. The normalized spacial score (nSPS) is 13.7. The molecule has 0 radical (unpaired) electrons. The molecule has 15 N–H and O–H groups in total. The number of carbonyl (C=O) groups is 5. The van der Waals surface area contributed by atoms with Crippen molar-refractivity contribution >= 4 is 52.8 Å². The van der Waals surface area contributed by atoms with Crippen LogP contribution in [0.2, 0.25) is 0 Å². The van der Waals surface area contributed by atoms with Gasteiger partial charge in [0.15, 0.2) is 11.9 Å². The molecular weight excluding hydrogens is 570 g/mol. The molecule has 0 aromatic carbocycles. The van der Waals surface area contributed by atoms with E-state index in [0.717, 1.165) is 0 Å². The number of nitrogens with one attached hydrogen (secondary N) is 7. The molecule has 3 amide bonds. The summed E-state index contributed by atoms with van der Waals surface area (Å²) in [6.07, 6.45) is 2.33. The molecule has 0 aliphatic rings. The first-order valence-electron chi connectivity index (χ1n) is 13.9. The zero-order valence-corrected chi connectivity index (χ0v) is 25.1. The van der Waals surface area contributed by atoms with Gasteiger partial charge in [0.1, 0.15) is 12.1 Å². The van der Waals surface area contributed by atoms with Crippen molar-refractivity contribution in [1.82, 2.24) is 26.6 Å². The second kappa shape index (κ2) is 21.2. The molecule has 0 saturated carbocycles. The van der Waals surface area contributed by atoms with Crippen LogP contribution in [0.4, 0.5) is 0 Å². The largest absolute Gasteiger partial charge is 0.370 e. The molecule has 0 aromatic rings. The number of amides is 3. The average molecular weight is 618 g/mol. The van der Waals surface area contributed by atoms with E-state index >= 15 is 0 Å². The molecule has 0 bridgehead atoms. The highest BCUT2D eigenvalue weighted by Gasteiger charge is 2.32. The number of alkyl halides is 1. The first kappa shape index (κ1) is 38.5. The summed E-state index contributed by atoms with van der Waals surface area (Å²) in [6.45, 7) is 4.39. The fourth-order valence-electron chi connectivity index (χ4n) is 3.83. The maximum atomic E-state index is 13.3. The number of unbranched alkanes of at least 4 members (excludes halogenated alkanes) is 1. The van der Waals surface area contributed by atoms with Gasteiger partial charge in [-0.1, -0.05) is 13.8 Å². The van der Waals surface area contributed by atoms with Crippen LogP contribution in [0, 0.1) is 16.7 Å². The maximum Gasteiger partial charge on any atom is 0.243 e. The number of Topliss-reactive ketones (excluding diaryl/α,β-unsaturated/α-hetero) is 2. The van der Waals surface area contributed by atoms with E-state index in [4.69, 9.17) is 45.4 Å². The van der Waals surface area contributed by atoms with Gasteiger partial charge in [0.2, 0.25) is 29.3 Å². The molecule has 0 unspecified atom stereocenters. The van der Waals surface area contributed by atoms with Gasteiger partial charge in [0.25, 0.3) is 0 Å². The minimum absolute atomic E-state index is 0.0570. The van der Waals surface area contributed by atoms with Gasteiger partial charge in [-0.05, 0) is 57.4 Å². The highest BCUT2D eigenvalue weighted by atomic mass is 35.5. The lowest BCUT2D eigenvalue weighted by atomic mass is 10.00. The minimum Gasteiger partial charge on any atom is -0.370 e. The number of halogens is 1. The number of hydrogen-bond acceptors (Lipinski definition) is 9. The van der Waals surface area contributed by atoms with E-state index in [-0.39, 0.29) is 43.6 Å². The standard InChI is InChI=1S/C25H48ClN11O5/c1-14(2)19(37-21(40)15(28)7-5-11-33-24(29)30)23(42)36-17(8-3-4-10-27)22(41)35-16(20(39)18(38)13-26)9-6-12-34-25(31)32/h14-17,19H,3-13,27-28H2,1-2H3,(H,35,41)(H,36,42)(H,37,40)(H4,29,30,33)(H4,31,32,34)/t15-,16-,17-,19-/m0/s1. The van der Waals surface area contributed by atoms with Crippen molar-refractivity contribution in [3.63, 3.8) is 0 Å². The predicted molar refractivity (Wildman–Crippen MR) is 161 cm³/mol. The van der Waals surface area contributed by atoms with Gasteiger partial charge in [0.05, 0.1) is 18.0 Å². The monoisotopic (exact) mass is 617 g/mol. The number of rotatable bonds is 22. The van der Waals surface area contributed by atoms with E-state index in [0.29, 0.717) is 38.8 Å². The molecule has 42 heavy (non-hydrogen) atoms. The molecule has 0 saturated heterocycles. The van der Waals surface area contributed by atoms with Gasteiger partial charge in [-0.15, -0.1) is 11.6 Å². The third-order valence-corrected chi connectivity index (χ3v) is 6.43. The first-order chi connectivity index (χ1) is 19.7. The lowest BCUT2D eigenvalue weighted by Gasteiger charge is -2.27. The summed E-state index contributed by atoms with van der Waals surface area (Å²) in [5.41, 5.74) is 22.1. The van der Waals surface area contributed by atoms with Crippen LogP contribution >= 0.6 is 11.6 Å². The molecule has 0 fully saturated rings. The maximum absolute atomic E-state index is 13.3. The number of guanidine groups is 2. The van der Waals surface area contributed by atoms with E-state index < -0.39 is 59.3 Å². The molecule has 0 aromatic heterocycles. The SMILES string of the molecule is CC(C)[C@H](NC(=O)[C@@H](N)CCCNC(=N)N)C(=O)N[C@@H](CCCCN)C(=O)N[C@@H](CCCNC(=N)N)C(=O)C(=O)CCl. The molecular formula is C25H48ClN11O5. The number of carbonyl (C=O) groups excluding carboxylic acids is 5. The van der Waals surface area contributed by atoms with Crippen LogP contribution < -0.4 is 49.5 Å². The zero-order chi connectivity index (χ0) is 32.2. The Morgan fingerprint density at radius 3 is 1.76 bits per heavy atom. The minimum atomic E-state index is -1.21. The van der Waals surface area contributed by atoms with Gasteiger partial charge >= 0.3 is 0 Å². The van der Waals surface area contributed by atoms with E-state index in [2.05, 4.69) is 26.6 Å². The molecule has 16 nitrogen and oxygen atoms in total. The predicted octanol–water partition coefficient (Wildman–Crippen LogP) is -2.54. The first-order valence-corrected chi connectivity index (χ1v) is 14.4.